The van der Waals surface area contributed by atoms with E-state index in [1.54, 1.807) is 12.1 Å². The molecule has 0 aliphatic heterocycles. The van der Waals surface area contributed by atoms with Crippen molar-refractivity contribution in [3.05, 3.63) is 53.2 Å². The van der Waals surface area contributed by atoms with Crippen molar-refractivity contribution in [1.29, 1.82) is 0 Å². The first-order valence-electron chi connectivity index (χ1n) is 7.89. The molecular weight excluding hydrogens is 340 g/mol. The number of carboxylic acid groups (broad SMARTS) is 3. The van der Waals surface area contributed by atoms with Crippen LogP contribution in [0.4, 0.5) is 5.82 Å². The van der Waals surface area contributed by atoms with Gasteiger partial charge < -0.3 is 25.6 Å². The van der Waals surface area contributed by atoms with Crippen LogP contribution in [-0.2, 0) is 33.6 Å². The summed E-state index contributed by atoms with van der Waals surface area (Å²) in [6, 6.07) is 8.61. The fraction of sp³-hybridized carbons (Fsp3) is 0.278. The zero-order valence-corrected chi connectivity index (χ0v) is 14.4. The lowest BCUT2D eigenvalue weighted by molar-refractivity contribution is -0.137. The van der Waals surface area contributed by atoms with E-state index in [-0.39, 0.29) is 25.7 Å². The first-order chi connectivity index (χ1) is 12.3. The number of aliphatic carboxylic acids is 3. The molecule has 0 aliphatic carbocycles. The van der Waals surface area contributed by atoms with Gasteiger partial charge in [-0.3, -0.25) is 14.4 Å². The minimum atomic E-state index is -1.04. The SMILES string of the molecule is CNc1ccc[nH]1.O=C(O)CCc1ccc(CC(=O)O)cc1CC(=O)O. The van der Waals surface area contributed by atoms with Gasteiger partial charge in [-0.2, -0.15) is 0 Å². The molecule has 0 saturated heterocycles. The highest BCUT2D eigenvalue weighted by molar-refractivity contribution is 5.73. The second-order valence-corrected chi connectivity index (χ2v) is 5.47. The van der Waals surface area contributed by atoms with E-state index < -0.39 is 17.9 Å². The Kier molecular flexibility index (Phi) is 8.42. The number of hydrogen-bond donors (Lipinski definition) is 5. The molecule has 0 unspecified atom stereocenters. The molecule has 2 rings (SSSR count). The third kappa shape index (κ3) is 8.00. The van der Waals surface area contributed by atoms with Crippen LogP contribution in [0.3, 0.4) is 0 Å². The molecular formula is C18H22N2O6. The number of benzene rings is 1. The zero-order valence-electron chi connectivity index (χ0n) is 14.4. The van der Waals surface area contributed by atoms with Crippen molar-refractivity contribution >= 4 is 23.7 Å². The van der Waals surface area contributed by atoms with Crippen molar-refractivity contribution in [3.8, 4) is 0 Å². The van der Waals surface area contributed by atoms with E-state index in [2.05, 4.69) is 10.3 Å². The predicted octanol–water partition coefficient (Wildman–Crippen LogP) is 2.01. The van der Waals surface area contributed by atoms with E-state index in [0.717, 1.165) is 5.82 Å². The minimum absolute atomic E-state index is 0.0924. The van der Waals surface area contributed by atoms with Gasteiger partial charge in [0.15, 0.2) is 0 Å². The van der Waals surface area contributed by atoms with E-state index in [9.17, 15) is 14.4 Å². The molecule has 0 radical (unpaired) electrons. The average Bonchev–Trinajstić information content (AvgIpc) is 3.07. The van der Waals surface area contributed by atoms with Crippen LogP contribution < -0.4 is 5.32 Å². The zero-order chi connectivity index (χ0) is 19.5. The quantitative estimate of drug-likeness (QED) is 0.484. The number of hydrogen-bond acceptors (Lipinski definition) is 4. The number of aromatic amines is 1. The number of carbonyl (C=O) groups is 3. The number of anilines is 1. The Hall–Kier alpha value is -3.29. The number of H-pyrrole nitrogens is 1. The standard InChI is InChI=1S/C13H14O6.C5H8N2/c14-11(15)4-3-9-2-1-8(6-12(16)17)5-10(9)7-13(18)19;1-6-5-3-2-4-7-5/h1-2,5H,3-4,6-7H2,(H,14,15)(H,16,17)(H,18,19);2-4,6-7H,1H3. The number of carboxylic acids is 3. The number of rotatable bonds is 8. The van der Waals surface area contributed by atoms with Gasteiger partial charge in [-0.1, -0.05) is 18.2 Å². The Morgan fingerprint density at radius 2 is 1.65 bits per heavy atom. The molecule has 1 aromatic heterocycles. The van der Waals surface area contributed by atoms with Gasteiger partial charge in [0.2, 0.25) is 0 Å². The highest BCUT2D eigenvalue weighted by atomic mass is 16.4. The summed E-state index contributed by atoms with van der Waals surface area (Å²) in [6.45, 7) is 0. The Bertz CT molecular complexity index is 740. The monoisotopic (exact) mass is 362 g/mol. The molecule has 5 N–H and O–H groups in total. The molecule has 0 saturated carbocycles. The second kappa shape index (κ2) is 10.5. The summed E-state index contributed by atoms with van der Waals surface area (Å²) in [5.74, 6) is -1.94. The summed E-state index contributed by atoms with van der Waals surface area (Å²) < 4.78 is 0. The van der Waals surface area contributed by atoms with Gasteiger partial charge in [-0.25, -0.2) is 0 Å². The molecule has 0 aliphatic rings. The number of nitrogens with one attached hydrogen (secondary N) is 2. The van der Waals surface area contributed by atoms with Crippen LogP contribution in [-0.4, -0.2) is 45.3 Å². The summed E-state index contributed by atoms with van der Waals surface area (Å²) in [4.78, 5) is 34.9. The summed E-state index contributed by atoms with van der Waals surface area (Å²) in [5, 5.41) is 29.1. The normalized spacial score (nSPS) is 9.73. The molecule has 0 amide bonds. The van der Waals surface area contributed by atoms with Gasteiger partial charge in [0.25, 0.3) is 0 Å². The lowest BCUT2D eigenvalue weighted by atomic mass is 9.97. The minimum Gasteiger partial charge on any atom is -0.481 e. The van der Waals surface area contributed by atoms with Crippen LogP contribution in [0.5, 0.6) is 0 Å². The third-order valence-corrected chi connectivity index (χ3v) is 3.44. The van der Waals surface area contributed by atoms with Crippen LogP contribution in [0.2, 0.25) is 0 Å². The maximum Gasteiger partial charge on any atom is 0.307 e. The van der Waals surface area contributed by atoms with E-state index in [1.165, 1.54) is 6.07 Å². The van der Waals surface area contributed by atoms with Gasteiger partial charge in [-0.15, -0.1) is 0 Å². The van der Waals surface area contributed by atoms with Crippen molar-refractivity contribution in [1.82, 2.24) is 4.98 Å². The molecule has 2 aromatic rings. The smallest absolute Gasteiger partial charge is 0.307 e. The van der Waals surface area contributed by atoms with Crippen molar-refractivity contribution in [2.24, 2.45) is 0 Å². The molecule has 8 nitrogen and oxygen atoms in total. The first-order valence-corrected chi connectivity index (χ1v) is 7.89. The van der Waals surface area contributed by atoms with Gasteiger partial charge in [0.1, 0.15) is 5.82 Å². The maximum atomic E-state index is 10.8. The molecule has 0 fully saturated rings. The van der Waals surface area contributed by atoms with Crippen LogP contribution in [0.1, 0.15) is 23.1 Å². The molecule has 1 aromatic carbocycles. The topological polar surface area (TPSA) is 140 Å². The molecule has 140 valence electrons. The molecule has 0 bridgehead atoms. The maximum absolute atomic E-state index is 10.8. The number of aryl methyl sites for hydroxylation is 1. The molecule has 1 heterocycles. The molecule has 0 atom stereocenters. The molecule has 0 spiro atoms. The largest absolute Gasteiger partial charge is 0.481 e. The first kappa shape index (κ1) is 20.8. The van der Waals surface area contributed by atoms with Gasteiger partial charge in [0.05, 0.1) is 12.8 Å². The van der Waals surface area contributed by atoms with Gasteiger partial charge in [0, 0.05) is 19.7 Å². The summed E-state index contributed by atoms with van der Waals surface area (Å²) >= 11 is 0. The number of aromatic nitrogens is 1. The van der Waals surface area contributed by atoms with E-state index in [1.807, 2.05) is 25.4 Å². The summed E-state index contributed by atoms with van der Waals surface area (Å²) in [5.41, 5.74) is 1.59. The predicted molar refractivity (Wildman–Crippen MR) is 95.4 cm³/mol. The van der Waals surface area contributed by atoms with Crippen molar-refractivity contribution in [2.45, 2.75) is 25.7 Å². The lowest BCUT2D eigenvalue weighted by Gasteiger charge is -2.09. The van der Waals surface area contributed by atoms with Crippen LogP contribution in [0.15, 0.2) is 36.5 Å². The summed E-state index contributed by atoms with van der Waals surface area (Å²) in [6.07, 6.45) is 1.58. The van der Waals surface area contributed by atoms with Crippen molar-refractivity contribution in [3.63, 3.8) is 0 Å². The Morgan fingerprint density at radius 3 is 2.12 bits per heavy atom. The Morgan fingerprint density at radius 1 is 0.962 bits per heavy atom. The third-order valence-electron chi connectivity index (χ3n) is 3.44. The van der Waals surface area contributed by atoms with E-state index >= 15 is 0 Å². The molecule has 8 heteroatoms. The average molecular weight is 362 g/mol. The Balaban J connectivity index is 0.000000401. The van der Waals surface area contributed by atoms with Gasteiger partial charge >= 0.3 is 17.9 Å². The lowest BCUT2D eigenvalue weighted by Crippen LogP contribution is -2.08. The van der Waals surface area contributed by atoms with Crippen molar-refractivity contribution < 1.29 is 29.7 Å². The van der Waals surface area contributed by atoms with E-state index in [0.29, 0.717) is 16.7 Å². The van der Waals surface area contributed by atoms with Gasteiger partial charge in [-0.05, 0) is 35.2 Å². The van der Waals surface area contributed by atoms with E-state index in [4.69, 9.17) is 15.3 Å². The van der Waals surface area contributed by atoms with Crippen LogP contribution in [0, 0.1) is 0 Å². The fourth-order valence-electron chi connectivity index (χ4n) is 2.26. The van der Waals surface area contributed by atoms with Crippen molar-refractivity contribution in [2.75, 3.05) is 12.4 Å². The highest BCUT2D eigenvalue weighted by Crippen LogP contribution is 2.16. The van der Waals surface area contributed by atoms with Crippen LogP contribution in [0.25, 0.3) is 0 Å². The van der Waals surface area contributed by atoms with Crippen LogP contribution >= 0.6 is 0 Å². The summed E-state index contributed by atoms with van der Waals surface area (Å²) in [7, 11) is 1.88. The fourth-order valence-corrected chi connectivity index (χ4v) is 2.26. The second-order valence-electron chi connectivity index (χ2n) is 5.47. The molecule has 26 heavy (non-hydrogen) atoms. The highest BCUT2D eigenvalue weighted by Gasteiger charge is 2.11. The Labute approximate surface area is 150 Å².